The van der Waals surface area contributed by atoms with Gasteiger partial charge in [0, 0.05) is 23.7 Å². The summed E-state index contributed by atoms with van der Waals surface area (Å²) in [4.78, 5) is 10.7. The van der Waals surface area contributed by atoms with Crippen LogP contribution in [0.3, 0.4) is 0 Å². The largest absolute Gasteiger partial charge is 0.307 e. The van der Waals surface area contributed by atoms with Crippen molar-refractivity contribution in [3.05, 3.63) is 39.9 Å². The van der Waals surface area contributed by atoms with Gasteiger partial charge in [0.1, 0.15) is 0 Å². The standard InChI is InChI=1S/C15H22N2O2/c1-11-7-9-13(10-8-11)16-12(2)14-5-3-4-6-15(14)17(18)19/h3-6,11-13,16H,7-10H2,1-2H3. The predicted molar refractivity (Wildman–Crippen MR) is 76.1 cm³/mol. The number of benzene rings is 1. The normalized spacial score (nSPS) is 24.9. The van der Waals surface area contributed by atoms with Gasteiger partial charge in [-0.15, -0.1) is 0 Å². The van der Waals surface area contributed by atoms with Crippen LogP contribution in [0.2, 0.25) is 0 Å². The number of nitrogens with one attached hydrogen (secondary N) is 1. The van der Waals surface area contributed by atoms with Crippen molar-refractivity contribution in [2.75, 3.05) is 0 Å². The molecule has 0 aliphatic heterocycles. The molecule has 0 spiro atoms. The second-order valence-electron chi connectivity index (χ2n) is 5.66. The molecule has 104 valence electrons. The quantitative estimate of drug-likeness (QED) is 0.663. The average Bonchev–Trinajstić information content (AvgIpc) is 2.41. The van der Waals surface area contributed by atoms with Crippen molar-refractivity contribution in [3.8, 4) is 0 Å². The zero-order valence-corrected chi connectivity index (χ0v) is 11.6. The average molecular weight is 262 g/mol. The fourth-order valence-electron chi connectivity index (χ4n) is 2.89. The molecule has 1 unspecified atom stereocenters. The molecule has 0 bridgehead atoms. The van der Waals surface area contributed by atoms with Gasteiger partial charge in [0.25, 0.3) is 5.69 Å². The highest BCUT2D eigenvalue weighted by molar-refractivity contribution is 5.41. The number of nitro benzene ring substituents is 1. The minimum atomic E-state index is -0.295. The molecule has 1 N–H and O–H groups in total. The summed E-state index contributed by atoms with van der Waals surface area (Å²) in [6.45, 7) is 4.31. The van der Waals surface area contributed by atoms with E-state index in [0.29, 0.717) is 6.04 Å². The van der Waals surface area contributed by atoms with Crippen LogP contribution in [0.5, 0.6) is 0 Å². The Morgan fingerprint density at radius 2 is 1.89 bits per heavy atom. The zero-order valence-electron chi connectivity index (χ0n) is 11.6. The van der Waals surface area contributed by atoms with Crippen molar-refractivity contribution in [3.63, 3.8) is 0 Å². The molecule has 0 amide bonds. The van der Waals surface area contributed by atoms with Gasteiger partial charge in [-0.05, 0) is 38.5 Å². The Bertz CT molecular complexity index is 440. The number of para-hydroxylation sites is 1. The van der Waals surface area contributed by atoms with E-state index in [9.17, 15) is 10.1 Å². The van der Waals surface area contributed by atoms with Crippen molar-refractivity contribution >= 4 is 5.69 Å². The van der Waals surface area contributed by atoms with Crippen LogP contribution >= 0.6 is 0 Å². The zero-order chi connectivity index (χ0) is 13.8. The summed E-state index contributed by atoms with van der Waals surface area (Å²) < 4.78 is 0. The summed E-state index contributed by atoms with van der Waals surface area (Å²) in [5, 5.41) is 14.6. The number of rotatable bonds is 4. The van der Waals surface area contributed by atoms with Crippen LogP contribution in [0, 0.1) is 16.0 Å². The van der Waals surface area contributed by atoms with Crippen molar-refractivity contribution in [2.24, 2.45) is 5.92 Å². The lowest BCUT2D eigenvalue weighted by atomic mass is 9.87. The lowest BCUT2D eigenvalue weighted by molar-refractivity contribution is -0.385. The van der Waals surface area contributed by atoms with E-state index in [0.717, 1.165) is 11.5 Å². The topological polar surface area (TPSA) is 55.2 Å². The maximum absolute atomic E-state index is 11.0. The van der Waals surface area contributed by atoms with Crippen LogP contribution < -0.4 is 5.32 Å². The van der Waals surface area contributed by atoms with Crippen molar-refractivity contribution in [1.29, 1.82) is 0 Å². The molecule has 1 atom stereocenters. The molecule has 1 aliphatic carbocycles. The maximum atomic E-state index is 11.0. The molecule has 0 radical (unpaired) electrons. The summed E-state index contributed by atoms with van der Waals surface area (Å²) in [6.07, 6.45) is 4.85. The van der Waals surface area contributed by atoms with Crippen LogP contribution in [0.4, 0.5) is 5.69 Å². The third-order valence-corrected chi connectivity index (χ3v) is 4.10. The first kappa shape index (κ1) is 14.0. The van der Waals surface area contributed by atoms with E-state index in [4.69, 9.17) is 0 Å². The molecule has 19 heavy (non-hydrogen) atoms. The van der Waals surface area contributed by atoms with Crippen molar-refractivity contribution in [1.82, 2.24) is 5.32 Å². The molecule has 1 fully saturated rings. The Kier molecular flexibility index (Phi) is 4.53. The number of nitro groups is 1. The summed E-state index contributed by atoms with van der Waals surface area (Å²) in [6, 6.07) is 7.53. The highest BCUT2D eigenvalue weighted by atomic mass is 16.6. The fourth-order valence-corrected chi connectivity index (χ4v) is 2.89. The second kappa shape index (κ2) is 6.15. The van der Waals surface area contributed by atoms with E-state index >= 15 is 0 Å². The van der Waals surface area contributed by atoms with Crippen LogP contribution in [0.1, 0.15) is 51.1 Å². The first-order valence-corrected chi connectivity index (χ1v) is 7.07. The summed E-state index contributed by atoms with van der Waals surface area (Å²) in [5.74, 6) is 0.819. The molecular weight excluding hydrogens is 240 g/mol. The van der Waals surface area contributed by atoms with Crippen LogP contribution in [-0.4, -0.2) is 11.0 Å². The van der Waals surface area contributed by atoms with Gasteiger partial charge in [-0.3, -0.25) is 10.1 Å². The number of hydrogen-bond acceptors (Lipinski definition) is 3. The molecule has 2 rings (SSSR count). The predicted octanol–water partition coefficient (Wildman–Crippen LogP) is 3.82. The monoisotopic (exact) mass is 262 g/mol. The summed E-state index contributed by atoms with van der Waals surface area (Å²) in [5.41, 5.74) is 0.998. The van der Waals surface area contributed by atoms with E-state index in [2.05, 4.69) is 12.2 Å². The van der Waals surface area contributed by atoms with E-state index < -0.39 is 0 Å². The van der Waals surface area contributed by atoms with Crippen LogP contribution in [0.25, 0.3) is 0 Å². The van der Waals surface area contributed by atoms with Gasteiger partial charge in [0.15, 0.2) is 0 Å². The number of nitrogens with zero attached hydrogens (tertiary/aromatic N) is 1. The molecule has 1 aromatic carbocycles. The highest BCUT2D eigenvalue weighted by Gasteiger charge is 2.23. The molecule has 1 aliphatic rings. The van der Waals surface area contributed by atoms with Gasteiger partial charge >= 0.3 is 0 Å². The summed E-state index contributed by atoms with van der Waals surface area (Å²) >= 11 is 0. The van der Waals surface area contributed by atoms with Gasteiger partial charge in [-0.25, -0.2) is 0 Å². The Morgan fingerprint density at radius 1 is 1.26 bits per heavy atom. The van der Waals surface area contributed by atoms with Gasteiger partial charge in [0.05, 0.1) is 4.92 Å². The van der Waals surface area contributed by atoms with E-state index in [1.165, 1.54) is 25.7 Å². The van der Waals surface area contributed by atoms with Gasteiger partial charge in [0.2, 0.25) is 0 Å². The van der Waals surface area contributed by atoms with Gasteiger partial charge in [-0.2, -0.15) is 0 Å². The molecule has 0 heterocycles. The van der Waals surface area contributed by atoms with Crippen LogP contribution in [0.15, 0.2) is 24.3 Å². The van der Waals surface area contributed by atoms with Crippen molar-refractivity contribution in [2.45, 2.75) is 51.6 Å². The SMILES string of the molecule is CC1CCC(NC(C)c2ccccc2[N+](=O)[O-])CC1. The summed E-state index contributed by atoms with van der Waals surface area (Å²) in [7, 11) is 0. The Labute approximate surface area is 114 Å². The third kappa shape index (κ3) is 3.53. The first-order valence-electron chi connectivity index (χ1n) is 7.07. The lowest BCUT2D eigenvalue weighted by Gasteiger charge is -2.29. The smallest absolute Gasteiger partial charge is 0.274 e. The Balaban J connectivity index is 2.03. The Hall–Kier alpha value is -1.42. The van der Waals surface area contributed by atoms with E-state index in [1.807, 2.05) is 19.1 Å². The molecule has 4 heteroatoms. The number of hydrogen-bond donors (Lipinski definition) is 1. The van der Waals surface area contributed by atoms with E-state index in [1.54, 1.807) is 12.1 Å². The van der Waals surface area contributed by atoms with Crippen LogP contribution in [-0.2, 0) is 0 Å². The highest BCUT2D eigenvalue weighted by Crippen LogP contribution is 2.28. The molecule has 1 saturated carbocycles. The molecule has 0 saturated heterocycles. The lowest BCUT2D eigenvalue weighted by Crippen LogP contribution is -2.34. The minimum Gasteiger partial charge on any atom is -0.307 e. The first-order chi connectivity index (χ1) is 9.08. The van der Waals surface area contributed by atoms with E-state index in [-0.39, 0.29) is 16.7 Å². The Morgan fingerprint density at radius 3 is 2.53 bits per heavy atom. The van der Waals surface area contributed by atoms with Crippen molar-refractivity contribution < 1.29 is 4.92 Å². The molecule has 0 aromatic heterocycles. The molecule has 1 aromatic rings. The van der Waals surface area contributed by atoms with Gasteiger partial charge < -0.3 is 5.32 Å². The molecule has 4 nitrogen and oxygen atoms in total. The second-order valence-corrected chi connectivity index (χ2v) is 5.66. The van der Waals surface area contributed by atoms with Gasteiger partial charge in [-0.1, -0.05) is 25.1 Å². The third-order valence-electron chi connectivity index (χ3n) is 4.10. The minimum absolute atomic E-state index is 0.0278. The maximum Gasteiger partial charge on any atom is 0.274 e. The fraction of sp³-hybridized carbons (Fsp3) is 0.600. The molecular formula is C15H22N2O2.